The molecule has 1 amide bonds. The van der Waals surface area contributed by atoms with Gasteiger partial charge >= 0.3 is 0 Å². The molecule has 1 aromatic heterocycles. The van der Waals surface area contributed by atoms with Crippen molar-refractivity contribution < 1.29 is 17.9 Å². The highest BCUT2D eigenvalue weighted by molar-refractivity contribution is 7.89. The van der Waals surface area contributed by atoms with Crippen LogP contribution in [0.2, 0.25) is 0 Å². The van der Waals surface area contributed by atoms with Gasteiger partial charge in [-0.15, -0.1) is 0 Å². The minimum absolute atomic E-state index is 0.142. The zero-order valence-electron chi connectivity index (χ0n) is 14.9. The number of hydrogen-bond donors (Lipinski definition) is 1. The molecule has 1 aliphatic heterocycles. The van der Waals surface area contributed by atoms with Crippen molar-refractivity contribution in [1.29, 1.82) is 0 Å². The molecule has 3 rings (SSSR count). The quantitative estimate of drug-likeness (QED) is 0.875. The van der Waals surface area contributed by atoms with Gasteiger partial charge in [-0.25, -0.2) is 8.42 Å². The molecule has 2 heterocycles. The zero-order valence-corrected chi connectivity index (χ0v) is 15.7. The summed E-state index contributed by atoms with van der Waals surface area (Å²) in [6.45, 7) is 3.73. The highest BCUT2D eigenvalue weighted by atomic mass is 32.2. The van der Waals surface area contributed by atoms with E-state index in [1.165, 1.54) is 16.6 Å². The van der Waals surface area contributed by atoms with Gasteiger partial charge in [-0.3, -0.25) is 4.79 Å². The SMILES string of the molecule is CC1CCC(N(C)C(=O)c2cc(S(=O)(=O)N3CCOCC3)c[nH]2)CC1. The maximum Gasteiger partial charge on any atom is 0.270 e. The van der Waals surface area contributed by atoms with Crippen LogP contribution in [0.3, 0.4) is 0 Å². The van der Waals surface area contributed by atoms with E-state index in [-0.39, 0.29) is 16.8 Å². The molecule has 0 radical (unpaired) electrons. The van der Waals surface area contributed by atoms with Crippen LogP contribution in [0.4, 0.5) is 0 Å². The van der Waals surface area contributed by atoms with E-state index in [9.17, 15) is 13.2 Å². The molecule has 7 nitrogen and oxygen atoms in total. The van der Waals surface area contributed by atoms with Crippen LogP contribution in [0, 0.1) is 5.92 Å². The normalized spacial score (nSPS) is 25.7. The van der Waals surface area contributed by atoms with E-state index in [4.69, 9.17) is 4.74 Å². The first-order valence-corrected chi connectivity index (χ1v) is 10.4. The molecule has 8 heteroatoms. The van der Waals surface area contributed by atoms with Gasteiger partial charge in [0.1, 0.15) is 10.6 Å². The molecule has 140 valence electrons. The Morgan fingerprint density at radius 3 is 2.52 bits per heavy atom. The van der Waals surface area contributed by atoms with Gasteiger partial charge in [0.2, 0.25) is 10.0 Å². The van der Waals surface area contributed by atoms with Gasteiger partial charge in [-0.2, -0.15) is 4.31 Å². The fraction of sp³-hybridized carbons (Fsp3) is 0.706. The summed E-state index contributed by atoms with van der Waals surface area (Å²) >= 11 is 0. The summed E-state index contributed by atoms with van der Waals surface area (Å²) in [6, 6.07) is 1.68. The van der Waals surface area contributed by atoms with Crippen LogP contribution in [0.5, 0.6) is 0 Å². The molecule has 1 N–H and O–H groups in total. The minimum Gasteiger partial charge on any atom is -0.379 e. The third-order valence-corrected chi connectivity index (χ3v) is 7.22. The lowest BCUT2D eigenvalue weighted by molar-refractivity contribution is 0.0674. The summed E-state index contributed by atoms with van der Waals surface area (Å²) in [5, 5.41) is 0. The topological polar surface area (TPSA) is 82.7 Å². The summed E-state index contributed by atoms with van der Waals surface area (Å²) < 4.78 is 31.9. The molecule has 0 atom stereocenters. The second-order valence-electron chi connectivity index (χ2n) is 7.10. The molecular weight excluding hydrogens is 342 g/mol. The van der Waals surface area contributed by atoms with E-state index in [2.05, 4.69) is 11.9 Å². The molecule has 1 saturated heterocycles. The Bertz CT molecular complexity index is 701. The van der Waals surface area contributed by atoms with Crippen molar-refractivity contribution in [2.75, 3.05) is 33.4 Å². The number of aromatic amines is 1. The average Bonchev–Trinajstić information content (AvgIpc) is 3.13. The lowest BCUT2D eigenvalue weighted by atomic mass is 9.86. The molecule has 25 heavy (non-hydrogen) atoms. The van der Waals surface area contributed by atoms with Crippen LogP contribution in [0.25, 0.3) is 0 Å². The largest absolute Gasteiger partial charge is 0.379 e. The maximum absolute atomic E-state index is 12.7. The zero-order chi connectivity index (χ0) is 18.0. The smallest absolute Gasteiger partial charge is 0.270 e. The molecule has 0 bridgehead atoms. The molecule has 2 aliphatic rings. The van der Waals surface area contributed by atoms with Crippen molar-refractivity contribution in [2.45, 2.75) is 43.5 Å². The lowest BCUT2D eigenvalue weighted by Gasteiger charge is -2.33. The van der Waals surface area contributed by atoms with Crippen LogP contribution >= 0.6 is 0 Å². The van der Waals surface area contributed by atoms with Crippen molar-refractivity contribution in [3.05, 3.63) is 18.0 Å². The number of hydrogen-bond acceptors (Lipinski definition) is 4. The molecule has 1 aliphatic carbocycles. The predicted octanol–water partition coefficient (Wildman–Crippen LogP) is 1.69. The molecule has 0 aromatic carbocycles. The van der Waals surface area contributed by atoms with Gasteiger partial charge in [0.05, 0.1) is 13.2 Å². The highest BCUT2D eigenvalue weighted by Crippen LogP contribution is 2.27. The average molecular weight is 369 g/mol. The number of morpholine rings is 1. The summed E-state index contributed by atoms with van der Waals surface area (Å²) in [4.78, 5) is 17.5. The fourth-order valence-electron chi connectivity index (χ4n) is 3.57. The number of nitrogens with zero attached hydrogens (tertiary/aromatic N) is 2. The third-order valence-electron chi connectivity index (χ3n) is 5.35. The van der Waals surface area contributed by atoms with E-state index in [0.717, 1.165) is 31.6 Å². The van der Waals surface area contributed by atoms with E-state index >= 15 is 0 Å². The molecule has 2 fully saturated rings. The van der Waals surface area contributed by atoms with Gasteiger partial charge in [-0.05, 0) is 37.7 Å². The number of sulfonamides is 1. The number of carbonyl (C=O) groups is 1. The number of amides is 1. The third kappa shape index (κ3) is 3.91. The van der Waals surface area contributed by atoms with Crippen molar-refractivity contribution in [3.63, 3.8) is 0 Å². The van der Waals surface area contributed by atoms with Crippen molar-refractivity contribution in [2.24, 2.45) is 5.92 Å². The second-order valence-corrected chi connectivity index (χ2v) is 9.03. The Morgan fingerprint density at radius 2 is 1.88 bits per heavy atom. The molecule has 1 aromatic rings. The van der Waals surface area contributed by atoms with Crippen molar-refractivity contribution in [3.8, 4) is 0 Å². The van der Waals surface area contributed by atoms with E-state index < -0.39 is 10.0 Å². The first-order valence-electron chi connectivity index (χ1n) is 8.93. The van der Waals surface area contributed by atoms with Crippen molar-refractivity contribution >= 4 is 15.9 Å². The van der Waals surface area contributed by atoms with Gasteiger partial charge in [0.25, 0.3) is 5.91 Å². The van der Waals surface area contributed by atoms with Crippen molar-refractivity contribution in [1.82, 2.24) is 14.2 Å². The number of carbonyl (C=O) groups excluding carboxylic acids is 1. The number of rotatable bonds is 4. The van der Waals surface area contributed by atoms with Crippen LogP contribution in [-0.2, 0) is 14.8 Å². The number of H-pyrrole nitrogens is 1. The summed E-state index contributed by atoms with van der Waals surface area (Å²) in [7, 11) is -1.78. The first kappa shape index (κ1) is 18.4. The highest BCUT2D eigenvalue weighted by Gasteiger charge is 2.30. The van der Waals surface area contributed by atoms with Crippen LogP contribution in [0.1, 0.15) is 43.1 Å². The van der Waals surface area contributed by atoms with Gasteiger partial charge in [0, 0.05) is 32.4 Å². The Kier molecular flexibility index (Phi) is 5.50. The monoisotopic (exact) mass is 369 g/mol. The van der Waals surface area contributed by atoms with Gasteiger partial charge < -0.3 is 14.6 Å². The van der Waals surface area contributed by atoms with E-state index in [0.29, 0.717) is 32.0 Å². The van der Waals surface area contributed by atoms with E-state index in [1.807, 2.05) is 0 Å². The number of aromatic nitrogens is 1. The Hall–Kier alpha value is -1.38. The Balaban J connectivity index is 1.71. The maximum atomic E-state index is 12.7. The van der Waals surface area contributed by atoms with Crippen LogP contribution < -0.4 is 0 Å². The lowest BCUT2D eigenvalue weighted by Crippen LogP contribution is -2.40. The Labute approximate surface area is 149 Å². The summed E-state index contributed by atoms with van der Waals surface area (Å²) in [6.07, 6.45) is 5.67. The summed E-state index contributed by atoms with van der Waals surface area (Å²) in [5.74, 6) is 0.568. The Morgan fingerprint density at radius 1 is 1.24 bits per heavy atom. The van der Waals surface area contributed by atoms with Gasteiger partial charge in [0.15, 0.2) is 0 Å². The van der Waals surface area contributed by atoms with E-state index in [1.54, 1.807) is 11.9 Å². The predicted molar refractivity (Wildman–Crippen MR) is 93.9 cm³/mol. The standard InChI is InChI=1S/C17H27N3O4S/c1-13-3-5-14(6-4-13)19(2)17(21)16-11-15(12-18-16)25(22,23)20-7-9-24-10-8-20/h11-14,18H,3-10H2,1-2H3. The van der Waals surface area contributed by atoms with Crippen LogP contribution in [0.15, 0.2) is 17.2 Å². The molecule has 1 saturated carbocycles. The first-order chi connectivity index (χ1) is 11.9. The molecular formula is C17H27N3O4S. The second kappa shape index (κ2) is 7.47. The van der Waals surface area contributed by atoms with Crippen LogP contribution in [-0.4, -0.2) is 67.9 Å². The number of nitrogens with one attached hydrogen (secondary N) is 1. The fourth-order valence-corrected chi connectivity index (χ4v) is 4.97. The van der Waals surface area contributed by atoms with Gasteiger partial charge in [-0.1, -0.05) is 6.92 Å². The molecule has 0 spiro atoms. The minimum atomic E-state index is -3.58. The summed E-state index contributed by atoms with van der Waals surface area (Å²) in [5.41, 5.74) is 0.327. The number of ether oxygens (including phenoxy) is 1. The molecule has 0 unspecified atom stereocenters.